The van der Waals surface area contributed by atoms with E-state index in [4.69, 9.17) is 4.74 Å². The van der Waals surface area contributed by atoms with Gasteiger partial charge in [0.25, 0.3) is 0 Å². The Kier molecular flexibility index (Phi) is 4.75. The zero-order valence-electron chi connectivity index (χ0n) is 13.5. The van der Waals surface area contributed by atoms with Crippen LogP contribution in [0.15, 0.2) is 54.7 Å². The summed E-state index contributed by atoms with van der Waals surface area (Å²) in [5.41, 5.74) is 3.56. The lowest BCUT2D eigenvalue weighted by atomic mass is 10.1. The SMILES string of the molecule is CCc1cccc2c(C(=O)COC(=O)Cc3ccccc3)c[nH]c12. The quantitative estimate of drug-likeness (QED) is 0.556. The number of carbonyl (C=O) groups excluding carboxylic acids is 2. The third-order valence-corrected chi connectivity index (χ3v) is 4.04. The molecule has 0 aliphatic heterocycles. The second kappa shape index (κ2) is 7.13. The second-order valence-corrected chi connectivity index (χ2v) is 5.64. The van der Waals surface area contributed by atoms with Crippen molar-refractivity contribution in [1.82, 2.24) is 4.98 Å². The highest BCUT2D eigenvalue weighted by molar-refractivity contribution is 6.09. The molecule has 3 rings (SSSR count). The molecule has 1 N–H and O–H groups in total. The van der Waals surface area contributed by atoms with Crippen LogP contribution in [0, 0.1) is 0 Å². The largest absolute Gasteiger partial charge is 0.457 e. The number of Topliss-reactive ketones (excluding diaryl/α,β-unsaturated/α-hetero) is 1. The molecule has 0 amide bonds. The number of hydrogen-bond donors (Lipinski definition) is 1. The molecule has 0 radical (unpaired) electrons. The van der Waals surface area contributed by atoms with Crippen LogP contribution in [0.3, 0.4) is 0 Å². The molecule has 4 nitrogen and oxygen atoms in total. The number of fused-ring (bicyclic) bond motifs is 1. The van der Waals surface area contributed by atoms with Crippen LogP contribution in [0.1, 0.15) is 28.4 Å². The monoisotopic (exact) mass is 321 g/mol. The van der Waals surface area contributed by atoms with Crippen molar-refractivity contribution in [1.29, 1.82) is 0 Å². The number of aromatic nitrogens is 1. The molecule has 0 unspecified atom stereocenters. The number of aromatic amines is 1. The van der Waals surface area contributed by atoms with Crippen molar-refractivity contribution in [2.45, 2.75) is 19.8 Å². The van der Waals surface area contributed by atoms with E-state index in [0.717, 1.165) is 28.5 Å². The third-order valence-electron chi connectivity index (χ3n) is 4.04. The molecule has 0 fully saturated rings. The predicted octanol–water partition coefficient (Wildman–Crippen LogP) is 3.70. The van der Waals surface area contributed by atoms with Crippen molar-refractivity contribution in [3.63, 3.8) is 0 Å². The highest BCUT2D eigenvalue weighted by Crippen LogP contribution is 2.22. The summed E-state index contributed by atoms with van der Waals surface area (Å²) in [5, 5.41) is 0.874. The van der Waals surface area contributed by atoms with Crippen molar-refractivity contribution in [3.8, 4) is 0 Å². The number of nitrogens with one attached hydrogen (secondary N) is 1. The second-order valence-electron chi connectivity index (χ2n) is 5.64. The minimum absolute atomic E-state index is 0.169. The maximum absolute atomic E-state index is 12.4. The Bertz CT molecular complexity index is 865. The van der Waals surface area contributed by atoms with Gasteiger partial charge in [0.05, 0.1) is 6.42 Å². The van der Waals surface area contributed by atoms with Crippen molar-refractivity contribution in [2.75, 3.05) is 6.61 Å². The molecule has 4 heteroatoms. The standard InChI is InChI=1S/C20H19NO3/c1-2-15-9-6-10-16-17(12-21-20(15)16)18(22)13-24-19(23)11-14-7-4-3-5-8-14/h3-10,12,21H,2,11,13H2,1H3. The molecule has 1 heterocycles. The van der Waals surface area contributed by atoms with Crippen molar-refractivity contribution >= 4 is 22.7 Å². The zero-order chi connectivity index (χ0) is 16.9. The molecule has 0 bridgehead atoms. The zero-order valence-corrected chi connectivity index (χ0v) is 13.5. The number of H-pyrrole nitrogens is 1. The summed E-state index contributed by atoms with van der Waals surface area (Å²) in [6.45, 7) is 1.83. The van der Waals surface area contributed by atoms with Crippen LogP contribution in [-0.4, -0.2) is 23.3 Å². The van der Waals surface area contributed by atoms with Gasteiger partial charge < -0.3 is 9.72 Å². The summed E-state index contributed by atoms with van der Waals surface area (Å²) in [4.78, 5) is 27.4. The van der Waals surface area contributed by atoms with Gasteiger partial charge in [0.1, 0.15) is 0 Å². The van der Waals surface area contributed by atoms with Gasteiger partial charge in [0.15, 0.2) is 6.61 Å². The molecule has 24 heavy (non-hydrogen) atoms. The molecule has 1 aromatic heterocycles. The lowest BCUT2D eigenvalue weighted by Gasteiger charge is -2.04. The molecule has 0 saturated heterocycles. The molecule has 2 aromatic carbocycles. The van der Waals surface area contributed by atoms with Crippen LogP contribution in [0.5, 0.6) is 0 Å². The van der Waals surface area contributed by atoms with Gasteiger partial charge in [0, 0.05) is 22.7 Å². The number of ketones is 1. The van der Waals surface area contributed by atoms with Crippen LogP contribution in [-0.2, 0) is 22.4 Å². The fourth-order valence-electron chi connectivity index (χ4n) is 2.78. The number of aryl methyl sites for hydroxylation is 1. The van der Waals surface area contributed by atoms with Crippen molar-refractivity contribution < 1.29 is 14.3 Å². The first-order valence-electron chi connectivity index (χ1n) is 8.00. The normalized spacial score (nSPS) is 10.7. The average molecular weight is 321 g/mol. The number of hydrogen-bond acceptors (Lipinski definition) is 3. The van der Waals surface area contributed by atoms with Crippen LogP contribution in [0.4, 0.5) is 0 Å². The van der Waals surface area contributed by atoms with E-state index >= 15 is 0 Å². The molecule has 0 saturated carbocycles. The van der Waals surface area contributed by atoms with E-state index in [9.17, 15) is 9.59 Å². The predicted molar refractivity (Wildman–Crippen MR) is 93.1 cm³/mol. The van der Waals surface area contributed by atoms with Gasteiger partial charge in [-0.15, -0.1) is 0 Å². The van der Waals surface area contributed by atoms with Crippen LogP contribution < -0.4 is 0 Å². The number of benzene rings is 2. The number of carbonyl (C=O) groups is 2. The van der Waals surface area contributed by atoms with Gasteiger partial charge in [-0.05, 0) is 17.5 Å². The molecule has 0 aliphatic carbocycles. The van der Waals surface area contributed by atoms with E-state index in [0.29, 0.717) is 5.56 Å². The van der Waals surface area contributed by atoms with E-state index in [2.05, 4.69) is 11.9 Å². The Balaban J connectivity index is 1.66. The van der Waals surface area contributed by atoms with E-state index in [1.807, 2.05) is 48.5 Å². The molecule has 122 valence electrons. The Morgan fingerprint density at radius 2 is 1.83 bits per heavy atom. The Morgan fingerprint density at radius 3 is 2.58 bits per heavy atom. The average Bonchev–Trinajstić information content (AvgIpc) is 3.04. The summed E-state index contributed by atoms with van der Waals surface area (Å²) >= 11 is 0. The minimum atomic E-state index is -0.399. The van der Waals surface area contributed by atoms with Gasteiger partial charge in [-0.3, -0.25) is 9.59 Å². The first kappa shape index (κ1) is 16.0. The Hall–Kier alpha value is -2.88. The van der Waals surface area contributed by atoms with Crippen molar-refractivity contribution in [2.24, 2.45) is 0 Å². The maximum Gasteiger partial charge on any atom is 0.310 e. The maximum atomic E-state index is 12.4. The first-order chi connectivity index (χ1) is 11.7. The summed E-state index contributed by atoms with van der Waals surface area (Å²) in [6, 6.07) is 15.2. The van der Waals surface area contributed by atoms with Gasteiger partial charge >= 0.3 is 5.97 Å². The van der Waals surface area contributed by atoms with Gasteiger partial charge in [-0.25, -0.2) is 0 Å². The van der Waals surface area contributed by atoms with Crippen LogP contribution in [0.2, 0.25) is 0 Å². The van der Waals surface area contributed by atoms with Crippen molar-refractivity contribution in [3.05, 3.63) is 71.4 Å². The highest BCUT2D eigenvalue weighted by atomic mass is 16.5. The van der Waals surface area contributed by atoms with E-state index in [-0.39, 0.29) is 18.8 Å². The van der Waals surface area contributed by atoms with Crippen LogP contribution in [0.25, 0.3) is 10.9 Å². The number of rotatable bonds is 6. The van der Waals surface area contributed by atoms with Crippen LogP contribution >= 0.6 is 0 Å². The molecular weight excluding hydrogens is 302 g/mol. The molecule has 0 aliphatic rings. The lowest BCUT2D eigenvalue weighted by molar-refractivity contribution is -0.141. The summed E-state index contributed by atoms with van der Waals surface area (Å²) in [6.07, 6.45) is 2.75. The fraction of sp³-hybridized carbons (Fsp3) is 0.200. The summed E-state index contributed by atoms with van der Waals surface area (Å²) in [7, 11) is 0. The number of ether oxygens (including phenoxy) is 1. The third kappa shape index (κ3) is 3.38. The minimum Gasteiger partial charge on any atom is -0.457 e. The highest BCUT2D eigenvalue weighted by Gasteiger charge is 2.15. The number of esters is 1. The Morgan fingerprint density at radius 1 is 1.04 bits per heavy atom. The van der Waals surface area contributed by atoms with E-state index in [1.54, 1.807) is 6.20 Å². The molecule has 3 aromatic rings. The first-order valence-corrected chi connectivity index (χ1v) is 8.00. The summed E-state index contributed by atoms with van der Waals surface area (Å²) < 4.78 is 5.13. The molecule has 0 spiro atoms. The van der Waals surface area contributed by atoms with Gasteiger partial charge in [-0.1, -0.05) is 55.5 Å². The fourth-order valence-corrected chi connectivity index (χ4v) is 2.78. The topological polar surface area (TPSA) is 59.2 Å². The smallest absolute Gasteiger partial charge is 0.310 e. The Labute approximate surface area is 140 Å². The van der Waals surface area contributed by atoms with E-state index < -0.39 is 5.97 Å². The molecular formula is C20H19NO3. The van der Waals surface area contributed by atoms with Gasteiger partial charge in [0.2, 0.25) is 5.78 Å². The van der Waals surface area contributed by atoms with Gasteiger partial charge in [-0.2, -0.15) is 0 Å². The lowest BCUT2D eigenvalue weighted by Crippen LogP contribution is -2.15. The van der Waals surface area contributed by atoms with E-state index in [1.165, 1.54) is 0 Å². The summed E-state index contributed by atoms with van der Waals surface area (Å²) in [5.74, 6) is -0.598. The number of para-hydroxylation sites is 1. The molecule has 0 atom stereocenters.